The van der Waals surface area contributed by atoms with Crippen molar-refractivity contribution in [3.05, 3.63) is 48.3 Å². The van der Waals surface area contributed by atoms with Crippen LogP contribution in [0.3, 0.4) is 0 Å². The molecular weight excluding hydrogens is 340 g/mol. The van der Waals surface area contributed by atoms with Crippen molar-refractivity contribution >= 4 is 0 Å². The summed E-state index contributed by atoms with van der Waals surface area (Å²) in [6.07, 6.45) is 3.81. The Morgan fingerprint density at radius 3 is 2.77 bits per heavy atom. The van der Waals surface area contributed by atoms with Gasteiger partial charge in [-0.15, -0.1) is 6.07 Å². The topological polar surface area (TPSA) is 17.8 Å². The molecule has 13 heavy (non-hydrogen) atoms. The van der Waals surface area contributed by atoms with Gasteiger partial charge in [0.1, 0.15) is 0 Å². The van der Waals surface area contributed by atoms with Crippen molar-refractivity contribution in [1.29, 1.82) is 0 Å². The van der Waals surface area contributed by atoms with Crippen LogP contribution in [-0.2, 0) is 20.1 Å². The van der Waals surface area contributed by atoms with Crippen LogP contribution in [0.15, 0.2) is 36.7 Å². The summed E-state index contributed by atoms with van der Waals surface area (Å²) in [6.45, 7) is 2.02. The smallest absolute Gasteiger partial charge is 0.0522 e. The van der Waals surface area contributed by atoms with Crippen LogP contribution in [0.4, 0.5) is 0 Å². The second-order valence-corrected chi connectivity index (χ2v) is 2.71. The molecule has 2 rings (SSSR count). The first kappa shape index (κ1) is 10.2. The van der Waals surface area contributed by atoms with Crippen LogP contribution in [0.2, 0.25) is 0 Å². The number of para-hydroxylation sites is 1. The van der Waals surface area contributed by atoms with Gasteiger partial charge < -0.3 is 0 Å². The molecule has 2 aromatic rings. The quantitative estimate of drug-likeness (QED) is 0.720. The van der Waals surface area contributed by atoms with Gasteiger partial charge in [0, 0.05) is 26.3 Å². The maximum atomic E-state index is 4.17. The zero-order valence-electron chi connectivity index (χ0n) is 7.19. The zero-order valence-corrected chi connectivity index (χ0v) is 9.59. The van der Waals surface area contributed by atoms with Gasteiger partial charge in [0.05, 0.1) is 6.20 Å². The van der Waals surface area contributed by atoms with Gasteiger partial charge in [-0.3, -0.25) is 4.68 Å². The average Bonchev–Trinajstić information content (AvgIpc) is 2.54. The Labute approximate surface area is 90.9 Å². The van der Waals surface area contributed by atoms with E-state index in [9.17, 15) is 0 Å². The minimum Gasteiger partial charge on any atom is -0.265 e. The minimum absolute atomic E-state index is 0. The van der Waals surface area contributed by atoms with E-state index in [0.29, 0.717) is 0 Å². The third-order valence-electron chi connectivity index (χ3n) is 1.65. The van der Waals surface area contributed by atoms with Gasteiger partial charge in [-0.1, -0.05) is 0 Å². The van der Waals surface area contributed by atoms with Crippen molar-refractivity contribution in [2.45, 2.75) is 6.92 Å². The molecule has 0 saturated heterocycles. The van der Waals surface area contributed by atoms with Crippen LogP contribution >= 0.6 is 0 Å². The van der Waals surface area contributed by atoms with Crippen LogP contribution in [0, 0.1) is 13.0 Å². The fraction of sp³-hybridized carbons (Fsp3) is 0.100. The van der Waals surface area contributed by atoms with E-state index in [1.165, 1.54) is 0 Å². The Balaban J connectivity index is 0.000000845. The van der Waals surface area contributed by atoms with E-state index < -0.39 is 0 Å². The molecule has 1 aromatic heterocycles. The number of hydrogen-bond donors (Lipinski definition) is 0. The summed E-state index contributed by atoms with van der Waals surface area (Å²) in [5, 5.41) is 4.17. The summed E-state index contributed by atoms with van der Waals surface area (Å²) in [7, 11) is 0. The first-order valence-corrected chi connectivity index (χ1v) is 3.84. The maximum absolute atomic E-state index is 4.17. The predicted molar refractivity (Wildman–Crippen MR) is 47.1 cm³/mol. The number of rotatable bonds is 1. The number of aromatic nitrogens is 2. The second kappa shape index (κ2) is 4.35. The number of nitrogens with zero attached hydrogens (tertiary/aromatic N) is 2. The molecule has 0 unspecified atom stereocenters. The van der Waals surface area contributed by atoms with Crippen molar-refractivity contribution in [1.82, 2.24) is 9.78 Å². The Kier molecular flexibility index (Phi) is 3.40. The Morgan fingerprint density at radius 2 is 2.23 bits per heavy atom. The van der Waals surface area contributed by atoms with E-state index in [4.69, 9.17) is 0 Å². The average molecular weight is 349 g/mol. The van der Waals surface area contributed by atoms with E-state index >= 15 is 0 Å². The molecule has 1 radical (unpaired) electrons. The van der Waals surface area contributed by atoms with E-state index in [1.807, 2.05) is 48.3 Å². The molecule has 0 atom stereocenters. The summed E-state index contributed by atoms with van der Waals surface area (Å²) in [6, 6.07) is 10.9. The first-order valence-electron chi connectivity index (χ1n) is 3.84. The van der Waals surface area contributed by atoms with Gasteiger partial charge >= 0.3 is 0 Å². The van der Waals surface area contributed by atoms with E-state index in [1.54, 1.807) is 0 Å². The van der Waals surface area contributed by atoms with Crippen molar-refractivity contribution in [2.75, 3.05) is 0 Å². The predicted octanol–water partition coefficient (Wildman–Crippen LogP) is 1.98. The summed E-state index contributed by atoms with van der Waals surface area (Å²) in [5.41, 5.74) is 2.14. The molecule has 3 heteroatoms. The molecule has 0 amide bonds. The fourth-order valence-electron chi connectivity index (χ4n) is 1.07. The SMILES string of the molecule is Cc1cnn(-c2[c-]cccc2)c1.[Ir]. The van der Waals surface area contributed by atoms with Crippen LogP contribution in [0.5, 0.6) is 0 Å². The van der Waals surface area contributed by atoms with Crippen molar-refractivity contribution in [2.24, 2.45) is 0 Å². The molecule has 0 aliphatic heterocycles. The van der Waals surface area contributed by atoms with Gasteiger partial charge in [0.2, 0.25) is 0 Å². The van der Waals surface area contributed by atoms with E-state index in [2.05, 4.69) is 11.2 Å². The van der Waals surface area contributed by atoms with E-state index in [0.717, 1.165) is 11.3 Å². The molecule has 0 spiro atoms. The summed E-state index contributed by atoms with van der Waals surface area (Å²) < 4.78 is 1.81. The molecular formula is C10H9IrN2-. The molecule has 1 aromatic carbocycles. The molecule has 1 heterocycles. The number of aryl methyl sites for hydroxylation is 1. The van der Waals surface area contributed by atoms with Crippen LogP contribution < -0.4 is 0 Å². The monoisotopic (exact) mass is 350 g/mol. The van der Waals surface area contributed by atoms with Crippen molar-refractivity contribution in [3.8, 4) is 5.69 Å². The molecule has 0 fully saturated rings. The normalized spacial score (nSPS) is 9.31. The molecule has 0 aliphatic rings. The summed E-state index contributed by atoms with van der Waals surface area (Å²) >= 11 is 0. The van der Waals surface area contributed by atoms with Crippen LogP contribution in [0.25, 0.3) is 5.69 Å². The largest absolute Gasteiger partial charge is 0.265 e. The maximum Gasteiger partial charge on any atom is 0.0522 e. The van der Waals surface area contributed by atoms with Crippen LogP contribution in [-0.4, -0.2) is 9.78 Å². The first-order chi connectivity index (χ1) is 5.86. The second-order valence-electron chi connectivity index (χ2n) is 2.71. The molecule has 0 aliphatic carbocycles. The Hall–Kier alpha value is -0.921. The molecule has 0 N–H and O–H groups in total. The Morgan fingerprint density at radius 1 is 1.38 bits per heavy atom. The standard InChI is InChI=1S/C10H9N2.Ir/c1-9-7-11-12(8-9)10-5-3-2-4-6-10;/h2-5,7-8H,1H3;/q-1;. The number of benzene rings is 1. The van der Waals surface area contributed by atoms with Crippen LogP contribution in [0.1, 0.15) is 5.56 Å². The molecule has 0 bridgehead atoms. The van der Waals surface area contributed by atoms with Gasteiger partial charge in [-0.2, -0.15) is 29.4 Å². The summed E-state index contributed by atoms with van der Waals surface area (Å²) in [5.74, 6) is 0. The molecule has 0 saturated carbocycles. The fourth-order valence-corrected chi connectivity index (χ4v) is 1.07. The van der Waals surface area contributed by atoms with Gasteiger partial charge in [-0.05, 0) is 18.2 Å². The summed E-state index contributed by atoms with van der Waals surface area (Å²) in [4.78, 5) is 0. The zero-order chi connectivity index (χ0) is 8.39. The van der Waals surface area contributed by atoms with Gasteiger partial charge in [0.25, 0.3) is 0 Å². The minimum atomic E-state index is 0. The number of hydrogen-bond acceptors (Lipinski definition) is 1. The third kappa shape index (κ3) is 2.27. The third-order valence-corrected chi connectivity index (χ3v) is 1.65. The van der Waals surface area contributed by atoms with Gasteiger partial charge in [0.15, 0.2) is 0 Å². The van der Waals surface area contributed by atoms with E-state index in [-0.39, 0.29) is 20.1 Å². The molecule has 69 valence electrons. The molecule has 2 nitrogen and oxygen atoms in total. The Bertz CT molecular complexity index is 367. The van der Waals surface area contributed by atoms with Gasteiger partial charge in [-0.25, -0.2) is 0 Å². The van der Waals surface area contributed by atoms with Crippen molar-refractivity contribution in [3.63, 3.8) is 0 Å². The van der Waals surface area contributed by atoms with Crippen molar-refractivity contribution < 1.29 is 20.1 Å².